The normalized spacial score (nSPS) is 12.1. The van der Waals surface area contributed by atoms with Crippen LogP contribution in [-0.2, 0) is 6.54 Å². The van der Waals surface area contributed by atoms with Crippen LogP contribution < -0.4 is 10.2 Å². The average molecular weight is 298 g/mol. The lowest BCUT2D eigenvalue weighted by atomic mass is 10.0. The fourth-order valence-electron chi connectivity index (χ4n) is 2.70. The van der Waals surface area contributed by atoms with E-state index in [2.05, 4.69) is 72.8 Å². The number of nitrogens with one attached hydrogen (secondary N) is 1. The van der Waals surface area contributed by atoms with Crippen molar-refractivity contribution in [3.05, 3.63) is 65.7 Å². The smallest absolute Gasteiger partial charge is 0.0431 e. The van der Waals surface area contributed by atoms with Crippen molar-refractivity contribution in [3.8, 4) is 0 Å². The molecule has 1 unspecified atom stereocenters. The summed E-state index contributed by atoms with van der Waals surface area (Å²) in [6.45, 7) is 1.05. The van der Waals surface area contributed by atoms with Crippen molar-refractivity contribution in [2.75, 3.05) is 25.6 Å². The van der Waals surface area contributed by atoms with Crippen LogP contribution in [0.4, 0.5) is 5.69 Å². The van der Waals surface area contributed by atoms with E-state index in [1.165, 1.54) is 16.8 Å². The van der Waals surface area contributed by atoms with Crippen molar-refractivity contribution in [2.45, 2.75) is 25.4 Å². The Hall–Kier alpha value is -1.84. The van der Waals surface area contributed by atoms with Crippen LogP contribution in [-0.4, -0.2) is 25.8 Å². The Balaban J connectivity index is 2.08. The van der Waals surface area contributed by atoms with Crippen LogP contribution in [0.5, 0.6) is 0 Å². The van der Waals surface area contributed by atoms with Crippen LogP contribution in [0.25, 0.3) is 0 Å². The molecule has 0 bridgehead atoms. The third kappa shape index (κ3) is 4.58. The molecule has 118 valence electrons. The zero-order chi connectivity index (χ0) is 15.8. The van der Waals surface area contributed by atoms with Crippen molar-refractivity contribution < 1.29 is 5.11 Å². The van der Waals surface area contributed by atoms with Gasteiger partial charge in [-0.3, -0.25) is 0 Å². The summed E-state index contributed by atoms with van der Waals surface area (Å²) in [6.07, 6.45) is 1.74. The number of nitrogens with zero attached hydrogens (tertiary/aromatic N) is 1. The second-order valence-electron chi connectivity index (χ2n) is 5.73. The number of rotatable bonds is 8. The van der Waals surface area contributed by atoms with E-state index in [-0.39, 0.29) is 12.6 Å². The Bertz CT molecular complexity index is 554. The van der Waals surface area contributed by atoms with Gasteiger partial charge in [0.2, 0.25) is 0 Å². The third-order valence-corrected chi connectivity index (χ3v) is 3.87. The van der Waals surface area contributed by atoms with Gasteiger partial charge in [0.05, 0.1) is 0 Å². The molecule has 2 aromatic rings. The summed E-state index contributed by atoms with van der Waals surface area (Å²) >= 11 is 0. The SMILES string of the molecule is CN(C)c1ccccc1CNC(CCCO)c1ccccc1. The Morgan fingerprint density at radius 3 is 2.36 bits per heavy atom. The van der Waals surface area contributed by atoms with Crippen molar-refractivity contribution >= 4 is 5.69 Å². The quantitative estimate of drug-likeness (QED) is 0.784. The lowest BCUT2D eigenvalue weighted by molar-refractivity contribution is 0.275. The van der Waals surface area contributed by atoms with E-state index >= 15 is 0 Å². The third-order valence-electron chi connectivity index (χ3n) is 3.87. The second-order valence-corrected chi connectivity index (χ2v) is 5.73. The highest BCUT2D eigenvalue weighted by Crippen LogP contribution is 2.22. The van der Waals surface area contributed by atoms with Crippen LogP contribution in [0.1, 0.15) is 30.0 Å². The van der Waals surface area contributed by atoms with Crippen LogP contribution in [0.15, 0.2) is 54.6 Å². The summed E-state index contributed by atoms with van der Waals surface area (Å²) in [4.78, 5) is 2.14. The maximum Gasteiger partial charge on any atom is 0.0431 e. The van der Waals surface area contributed by atoms with Gasteiger partial charge in [-0.05, 0) is 30.0 Å². The first-order chi connectivity index (χ1) is 10.7. The molecule has 3 heteroatoms. The highest BCUT2D eigenvalue weighted by Gasteiger charge is 2.11. The Kier molecular flexibility index (Phi) is 6.44. The standard InChI is InChI=1S/C19H26N2O/c1-21(2)19-13-7-6-11-17(19)15-20-18(12-8-14-22)16-9-4-3-5-10-16/h3-7,9-11,13,18,20,22H,8,12,14-15H2,1-2H3. The summed E-state index contributed by atoms with van der Waals surface area (Å²) in [6, 6.07) is 19.2. The number of benzene rings is 2. The summed E-state index contributed by atoms with van der Waals surface area (Å²) < 4.78 is 0. The molecule has 0 heterocycles. The summed E-state index contributed by atoms with van der Waals surface area (Å²) in [5, 5.41) is 12.8. The summed E-state index contributed by atoms with van der Waals surface area (Å²) in [5.74, 6) is 0. The lowest BCUT2D eigenvalue weighted by Crippen LogP contribution is -2.23. The average Bonchev–Trinajstić information content (AvgIpc) is 2.56. The van der Waals surface area contributed by atoms with E-state index in [1.807, 2.05) is 6.07 Å². The van der Waals surface area contributed by atoms with Gasteiger partial charge in [-0.2, -0.15) is 0 Å². The molecule has 0 amide bonds. The molecule has 0 aliphatic heterocycles. The lowest BCUT2D eigenvalue weighted by Gasteiger charge is -2.22. The predicted octanol–water partition coefficient (Wildman–Crippen LogP) is 3.36. The number of aliphatic hydroxyl groups is 1. The number of hydrogen-bond acceptors (Lipinski definition) is 3. The van der Waals surface area contributed by atoms with E-state index in [1.54, 1.807) is 0 Å². The number of anilines is 1. The molecule has 22 heavy (non-hydrogen) atoms. The fraction of sp³-hybridized carbons (Fsp3) is 0.368. The van der Waals surface area contributed by atoms with Gasteiger partial charge in [-0.1, -0.05) is 48.5 Å². The van der Waals surface area contributed by atoms with Crippen LogP contribution in [0.3, 0.4) is 0 Å². The second kappa shape index (κ2) is 8.57. The van der Waals surface area contributed by atoms with Gasteiger partial charge in [-0.15, -0.1) is 0 Å². The van der Waals surface area contributed by atoms with E-state index < -0.39 is 0 Å². The molecule has 0 spiro atoms. The van der Waals surface area contributed by atoms with E-state index in [0.717, 1.165) is 19.4 Å². The zero-order valence-corrected chi connectivity index (χ0v) is 13.5. The van der Waals surface area contributed by atoms with Gasteiger partial charge in [0.1, 0.15) is 0 Å². The highest BCUT2D eigenvalue weighted by molar-refractivity contribution is 5.52. The van der Waals surface area contributed by atoms with Gasteiger partial charge in [0, 0.05) is 39.0 Å². The fourth-order valence-corrected chi connectivity index (χ4v) is 2.70. The Labute approximate surface area is 133 Å². The molecule has 2 aromatic carbocycles. The van der Waals surface area contributed by atoms with Crippen LogP contribution in [0, 0.1) is 0 Å². The van der Waals surface area contributed by atoms with Gasteiger partial charge >= 0.3 is 0 Å². The highest BCUT2D eigenvalue weighted by atomic mass is 16.2. The van der Waals surface area contributed by atoms with Crippen molar-refractivity contribution in [1.82, 2.24) is 5.32 Å². The topological polar surface area (TPSA) is 35.5 Å². The van der Waals surface area contributed by atoms with Gasteiger partial charge in [0.15, 0.2) is 0 Å². The molecular formula is C19H26N2O. The Morgan fingerprint density at radius 2 is 1.68 bits per heavy atom. The summed E-state index contributed by atoms with van der Waals surface area (Å²) in [7, 11) is 4.14. The molecule has 0 saturated carbocycles. The first-order valence-electron chi connectivity index (χ1n) is 7.87. The molecule has 3 nitrogen and oxygen atoms in total. The maximum absolute atomic E-state index is 9.13. The molecule has 0 aliphatic rings. The number of hydrogen-bond donors (Lipinski definition) is 2. The van der Waals surface area contributed by atoms with E-state index in [4.69, 9.17) is 5.11 Å². The minimum Gasteiger partial charge on any atom is -0.396 e. The molecule has 1 atom stereocenters. The maximum atomic E-state index is 9.13. The summed E-state index contributed by atoms with van der Waals surface area (Å²) in [5.41, 5.74) is 3.81. The van der Waals surface area contributed by atoms with Gasteiger partial charge < -0.3 is 15.3 Å². The molecule has 0 fully saturated rings. The van der Waals surface area contributed by atoms with Crippen molar-refractivity contribution in [2.24, 2.45) is 0 Å². The molecular weight excluding hydrogens is 272 g/mol. The Morgan fingerprint density at radius 1 is 1.00 bits per heavy atom. The van der Waals surface area contributed by atoms with E-state index in [9.17, 15) is 0 Å². The van der Waals surface area contributed by atoms with Crippen molar-refractivity contribution in [1.29, 1.82) is 0 Å². The first kappa shape index (κ1) is 16.5. The molecule has 0 saturated heterocycles. The minimum atomic E-state index is 0.235. The molecule has 2 rings (SSSR count). The zero-order valence-electron chi connectivity index (χ0n) is 13.5. The van der Waals surface area contributed by atoms with Crippen molar-refractivity contribution in [3.63, 3.8) is 0 Å². The molecule has 0 aliphatic carbocycles. The minimum absolute atomic E-state index is 0.235. The monoisotopic (exact) mass is 298 g/mol. The molecule has 0 radical (unpaired) electrons. The first-order valence-corrected chi connectivity index (χ1v) is 7.87. The van der Waals surface area contributed by atoms with Gasteiger partial charge in [0.25, 0.3) is 0 Å². The van der Waals surface area contributed by atoms with Gasteiger partial charge in [-0.25, -0.2) is 0 Å². The number of aliphatic hydroxyl groups excluding tert-OH is 1. The van der Waals surface area contributed by atoms with Crippen LogP contribution in [0.2, 0.25) is 0 Å². The molecule has 0 aromatic heterocycles. The molecule has 2 N–H and O–H groups in total. The van der Waals surface area contributed by atoms with E-state index in [0.29, 0.717) is 0 Å². The largest absolute Gasteiger partial charge is 0.396 e. The van der Waals surface area contributed by atoms with Crippen LogP contribution >= 0.6 is 0 Å². The predicted molar refractivity (Wildman–Crippen MR) is 93.1 cm³/mol. The number of para-hydroxylation sites is 1.